The lowest BCUT2D eigenvalue weighted by atomic mass is 9.91. The number of hydrogen-bond donors (Lipinski definition) is 3. The summed E-state index contributed by atoms with van der Waals surface area (Å²) in [7, 11) is 0. The van der Waals surface area contributed by atoms with Crippen LogP contribution in [0.2, 0.25) is 0 Å². The number of hydrogen-bond acceptors (Lipinski definition) is 5. The van der Waals surface area contributed by atoms with Gasteiger partial charge in [-0.3, -0.25) is 9.59 Å². The Morgan fingerprint density at radius 1 is 0.806 bits per heavy atom. The summed E-state index contributed by atoms with van der Waals surface area (Å²) in [5, 5.41) is 22.5. The van der Waals surface area contributed by atoms with Crippen molar-refractivity contribution in [1.29, 1.82) is 0 Å². The maximum Gasteiger partial charge on any atom is 0.328 e. The minimum absolute atomic E-state index is 0.245. The number of carbonyl (C=O) groups excluding carboxylic acids is 2. The molecule has 36 heavy (non-hydrogen) atoms. The number of rotatable bonds is 25. The number of carboxylic acids is 1. The summed E-state index contributed by atoms with van der Waals surface area (Å²) in [6, 6.07) is -0.646. The normalized spacial score (nSPS) is 14.7. The lowest BCUT2D eigenvalue weighted by molar-refractivity contribution is -0.152. The first-order valence-electron chi connectivity index (χ1n) is 14.5. The van der Waals surface area contributed by atoms with Crippen LogP contribution < -0.4 is 5.32 Å². The first kappa shape index (κ1) is 34.4. The summed E-state index contributed by atoms with van der Waals surface area (Å²) in [5.41, 5.74) is 0. The molecule has 7 nitrogen and oxygen atoms in total. The Hall–Kier alpha value is -1.63. The standard InChI is InChI=1S/C29H55NO6/c1-5-6-7-8-9-10-11-12-13-14-15-20-27(32)25(28(33)34)19-17-16-18-24(4)36-29(35)26(30-22-31)21-23(2)3/h22-27,32H,5-21H2,1-4H3,(H,30,31)(H,33,34)/t24?,25-,26-,27+/m0/s1. The predicted molar refractivity (Wildman–Crippen MR) is 145 cm³/mol. The first-order chi connectivity index (χ1) is 17.2. The van der Waals surface area contributed by atoms with Crippen LogP contribution in [0.3, 0.4) is 0 Å². The maximum atomic E-state index is 12.3. The van der Waals surface area contributed by atoms with Crippen LogP contribution in [0.25, 0.3) is 0 Å². The van der Waals surface area contributed by atoms with Crippen molar-refractivity contribution in [3.63, 3.8) is 0 Å². The molecule has 0 saturated carbocycles. The van der Waals surface area contributed by atoms with Gasteiger partial charge in [-0.15, -0.1) is 0 Å². The van der Waals surface area contributed by atoms with Crippen molar-refractivity contribution in [3.8, 4) is 0 Å². The van der Waals surface area contributed by atoms with Gasteiger partial charge in [-0.25, -0.2) is 4.79 Å². The lowest BCUT2D eigenvalue weighted by Gasteiger charge is -2.21. The summed E-state index contributed by atoms with van der Waals surface area (Å²) in [4.78, 5) is 34.7. The van der Waals surface area contributed by atoms with Gasteiger partial charge in [-0.1, -0.05) is 97.8 Å². The topological polar surface area (TPSA) is 113 Å². The number of aliphatic carboxylic acids is 1. The van der Waals surface area contributed by atoms with Crippen LogP contribution in [0.4, 0.5) is 0 Å². The molecule has 0 aliphatic carbocycles. The molecule has 0 spiro atoms. The number of unbranched alkanes of at least 4 members (excludes halogenated alkanes) is 11. The van der Waals surface area contributed by atoms with Gasteiger partial charge < -0.3 is 20.3 Å². The van der Waals surface area contributed by atoms with Crippen LogP contribution in [-0.2, 0) is 19.1 Å². The molecule has 7 heteroatoms. The molecule has 0 aliphatic rings. The number of esters is 1. The molecule has 0 aliphatic heterocycles. The van der Waals surface area contributed by atoms with Crippen molar-refractivity contribution in [2.45, 2.75) is 155 Å². The van der Waals surface area contributed by atoms with Crippen LogP contribution in [0, 0.1) is 11.8 Å². The van der Waals surface area contributed by atoms with E-state index in [0.717, 1.165) is 19.3 Å². The molecule has 0 bridgehead atoms. The molecule has 212 valence electrons. The molecule has 0 heterocycles. The SMILES string of the molecule is CCCCCCCCCCCCC[C@@H](O)[C@H](CCCCC(C)OC(=O)[C@H](CC(C)C)NC=O)C(=O)O. The molecule has 0 fully saturated rings. The fraction of sp³-hybridized carbons (Fsp3) is 0.897. The summed E-state index contributed by atoms with van der Waals surface area (Å²) < 4.78 is 5.46. The molecule has 0 saturated heterocycles. The van der Waals surface area contributed by atoms with Gasteiger partial charge in [0.05, 0.1) is 18.1 Å². The zero-order valence-corrected chi connectivity index (χ0v) is 23.5. The fourth-order valence-electron chi connectivity index (χ4n) is 4.62. The molecular formula is C29H55NO6. The van der Waals surface area contributed by atoms with E-state index < -0.39 is 30.0 Å². The summed E-state index contributed by atoms with van der Waals surface area (Å²) in [5.74, 6) is -1.89. The predicted octanol–water partition coefficient (Wildman–Crippen LogP) is 6.40. The maximum absolute atomic E-state index is 12.3. The summed E-state index contributed by atoms with van der Waals surface area (Å²) in [6.07, 6.45) is 16.3. The minimum atomic E-state index is -0.943. The zero-order valence-electron chi connectivity index (χ0n) is 23.5. The van der Waals surface area contributed by atoms with E-state index in [4.69, 9.17) is 4.74 Å². The van der Waals surface area contributed by atoms with E-state index in [-0.39, 0.29) is 12.0 Å². The quantitative estimate of drug-likeness (QED) is 0.0739. The Morgan fingerprint density at radius 2 is 1.31 bits per heavy atom. The van der Waals surface area contributed by atoms with Crippen molar-refractivity contribution in [2.75, 3.05) is 0 Å². The molecule has 0 aromatic rings. The van der Waals surface area contributed by atoms with E-state index in [1.54, 1.807) is 6.92 Å². The van der Waals surface area contributed by atoms with Crippen molar-refractivity contribution in [3.05, 3.63) is 0 Å². The second kappa shape index (κ2) is 22.6. The van der Waals surface area contributed by atoms with E-state index in [2.05, 4.69) is 12.2 Å². The highest BCUT2D eigenvalue weighted by molar-refractivity contribution is 5.78. The molecule has 3 N–H and O–H groups in total. The smallest absolute Gasteiger partial charge is 0.328 e. The number of nitrogens with one attached hydrogen (secondary N) is 1. The third-order valence-electron chi connectivity index (χ3n) is 6.84. The van der Waals surface area contributed by atoms with Gasteiger partial charge in [-0.05, 0) is 44.9 Å². The van der Waals surface area contributed by atoms with Crippen LogP contribution in [-0.4, -0.2) is 46.8 Å². The van der Waals surface area contributed by atoms with Crippen LogP contribution >= 0.6 is 0 Å². The highest BCUT2D eigenvalue weighted by atomic mass is 16.5. The van der Waals surface area contributed by atoms with Crippen molar-refractivity contribution in [2.24, 2.45) is 11.8 Å². The van der Waals surface area contributed by atoms with E-state index >= 15 is 0 Å². The van der Waals surface area contributed by atoms with Crippen LogP contribution in [0.1, 0.15) is 137 Å². The molecule has 0 rings (SSSR count). The Balaban J connectivity index is 4.07. The number of amides is 1. The second-order valence-corrected chi connectivity index (χ2v) is 10.8. The van der Waals surface area contributed by atoms with Gasteiger partial charge in [0.1, 0.15) is 6.04 Å². The Kier molecular flexibility index (Phi) is 21.5. The molecule has 4 atom stereocenters. The Bertz CT molecular complexity index is 568. The van der Waals surface area contributed by atoms with E-state index in [1.165, 1.54) is 51.4 Å². The highest BCUT2D eigenvalue weighted by Gasteiger charge is 2.26. The Morgan fingerprint density at radius 3 is 1.81 bits per heavy atom. The van der Waals surface area contributed by atoms with E-state index in [9.17, 15) is 24.6 Å². The lowest BCUT2D eigenvalue weighted by Crippen LogP contribution is -2.39. The number of ether oxygens (including phenoxy) is 1. The van der Waals surface area contributed by atoms with Gasteiger partial charge in [-0.2, -0.15) is 0 Å². The molecule has 1 amide bonds. The second-order valence-electron chi connectivity index (χ2n) is 10.8. The zero-order chi connectivity index (χ0) is 27.2. The number of carbonyl (C=O) groups is 3. The largest absolute Gasteiger partial charge is 0.481 e. The summed E-state index contributed by atoms with van der Waals surface area (Å²) >= 11 is 0. The average molecular weight is 514 g/mol. The third kappa shape index (κ3) is 18.6. The summed E-state index contributed by atoms with van der Waals surface area (Å²) in [6.45, 7) is 7.99. The number of aliphatic hydroxyl groups is 1. The minimum Gasteiger partial charge on any atom is -0.481 e. The molecule has 0 aromatic heterocycles. The fourth-order valence-corrected chi connectivity index (χ4v) is 4.62. The van der Waals surface area contributed by atoms with Gasteiger partial charge in [0.25, 0.3) is 0 Å². The van der Waals surface area contributed by atoms with Crippen molar-refractivity contribution >= 4 is 18.3 Å². The monoisotopic (exact) mass is 513 g/mol. The third-order valence-corrected chi connectivity index (χ3v) is 6.84. The first-order valence-corrected chi connectivity index (χ1v) is 14.5. The van der Waals surface area contributed by atoms with Gasteiger partial charge in [0.15, 0.2) is 0 Å². The Labute approximate surface area is 220 Å². The molecule has 0 aromatic carbocycles. The van der Waals surface area contributed by atoms with Gasteiger partial charge in [0.2, 0.25) is 6.41 Å². The number of aliphatic hydroxyl groups excluding tert-OH is 1. The molecule has 0 radical (unpaired) electrons. The van der Waals surface area contributed by atoms with Gasteiger partial charge >= 0.3 is 11.9 Å². The van der Waals surface area contributed by atoms with E-state index in [1.807, 2.05) is 13.8 Å². The van der Waals surface area contributed by atoms with E-state index in [0.29, 0.717) is 44.9 Å². The van der Waals surface area contributed by atoms with Gasteiger partial charge in [0, 0.05) is 0 Å². The van der Waals surface area contributed by atoms with Crippen molar-refractivity contribution < 1.29 is 29.3 Å². The average Bonchev–Trinajstić information content (AvgIpc) is 2.81. The molecule has 1 unspecified atom stereocenters. The highest BCUT2D eigenvalue weighted by Crippen LogP contribution is 2.21. The van der Waals surface area contributed by atoms with Crippen LogP contribution in [0.5, 0.6) is 0 Å². The number of carboxylic acid groups (broad SMARTS) is 1. The molecular weight excluding hydrogens is 458 g/mol. The van der Waals surface area contributed by atoms with Crippen LogP contribution in [0.15, 0.2) is 0 Å². The van der Waals surface area contributed by atoms with Crippen molar-refractivity contribution in [1.82, 2.24) is 5.32 Å².